The number of ether oxygens (including phenoxy) is 1. The van der Waals surface area contributed by atoms with Crippen molar-refractivity contribution < 1.29 is 4.74 Å². The number of halogens is 1. The molecule has 0 saturated carbocycles. The van der Waals surface area contributed by atoms with E-state index in [0.717, 1.165) is 22.2 Å². The molecule has 2 rings (SSSR count). The van der Waals surface area contributed by atoms with Gasteiger partial charge in [0.25, 0.3) is 0 Å². The van der Waals surface area contributed by atoms with Crippen molar-refractivity contribution in [3.63, 3.8) is 0 Å². The van der Waals surface area contributed by atoms with Crippen LogP contribution in [-0.4, -0.2) is 6.54 Å². The molecule has 0 aliphatic carbocycles. The molecular weight excluding hydrogens is 302 g/mol. The zero-order chi connectivity index (χ0) is 13.7. The highest BCUT2D eigenvalue weighted by atomic mass is 79.9. The van der Waals surface area contributed by atoms with Crippen LogP contribution in [0.5, 0.6) is 5.75 Å². The SMILES string of the molecule is Cc1ccccc1COc1ccc(Br)cc1CCN. The van der Waals surface area contributed by atoms with E-state index >= 15 is 0 Å². The Morgan fingerprint density at radius 3 is 2.63 bits per heavy atom. The molecule has 19 heavy (non-hydrogen) atoms. The molecule has 2 N–H and O–H groups in total. The van der Waals surface area contributed by atoms with E-state index in [-0.39, 0.29) is 0 Å². The van der Waals surface area contributed by atoms with E-state index in [4.69, 9.17) is 10.5 Å². The molecule has 0 fully saturated rings. The van der Waals surface area contributed by atoms with Crippen molar-refractivity contribution in [1.29, 1.82) is 0 Å². The second-order valence-electron chi connectivity index (χ2n) is 4.51. The van der Waals surface area contributed by atoms with Crippen LogP contribution < -0.4 is 10.5 Å². The highest BCUT2D eigenvalue weighted by molar-refractivity contribution is 9.10. The smallest absolute Gasteiger partial charge is 0.123 e. The second kappa shape index (κ2) is 6.73. The van der Waals surface area contributed by atoms with Gasteiger partial charge in [0.2, 0.25) is 0 Å². The van der Waals surface area contributed by atoms with Gasteiger partial charge >= 0.3 is 0 Å². The van der Waals surface area contributed by atoms with Gasteiger partial charge < -0.3 is 10.5 Å². The lowest BCUT2D eigenvalue weighted by Gasteiger charge is -2.12. The van der Waals surface area contributed by atoms with E-state index < -0.39 is 0 Å². The number of rotatable bonds is 5. The van der Waals surface area contributed by atoms with Gasteiger partial charge in [-0.05, 0) is 54.8 Å². The number of hydrogen-bond donors (Lipinski definition) is 1. The molecule has 2 aromatic rings. The molecule has 0 amide bonds. The highest BCUT2D eigenvalue weighted by Crippen LogP contribution is 2.24. The third-order valence-electron chi connectivity index (χ3n) is 3.08. The lowest BCUT2D eigenvalue weighted by molar-refractivity contribution is 0.302. The molecule has 0 saturated heterocycles. The van der Waals surface area contributed by atoms with Gasteiger partial charge in [-0.3, -0.25) is 0 Å². The average molecular weight is 320 g/mol. The molecule has 0 heterocycles. The van der Waals surface area contributed by atoms with E-state index in [9.17, 15) is 0 Å². The number of aryl methyl sites for hydroxylation is 1. The second-order valence-corrected chi connectivity index (χ2v) is 5.42. The topological polar surface area (TPSA) is 35.2 Å². The van der Waals surface area contributed by atoms with E-state index in [2.05, 4.69) is 41.1 Å². The van der Waals surface area contributed by atoms with Crippen molar-refractivity contribution in [2.24, 2.45) is 5.73 Å². The Morgan fingerprint density at radius 2 is 1.89 bits per heavy atom. The lowest BCUT2D eigenvalue weighted by atomic mass is 10.1. The van der Waals surface area contributed by atoms with Crippen LogP contribution in [0.3, 0.4) is 0 Å². The monoisotopic (exact) mass is 319 g/mol. The van der Waals surface area contributed by atoms with Gasteiger partial charge in [0.15, 0.2) is 0 Å². The predicted molar refractivity (Wildman–Crippen MR) is 82.4 cm³/mol. The Hall–Kier alpha value is -1.32. The summed E-state index contributed by atoms with van der Waals surface area (Å²) in [4.78, 5) is 0. The van der Waals surface area contributed by atoms with Crippen LogP contribution in [0.4, 0.5) is 0 Å². The summed E-state index contributed by atoms with van der Waals surface area (Å²) in [5.74, 6) is 0.914. The summed E-state index contributed by atoms with van der Waals surface area (Å²) in [5, 5.41) is 0. The standard InChI is InChI=1S/C16H18BrNO/c1-12-4-2-3-5-14(12)11-19-16-7-6-15(17)10-13(16)8-9-18/h2-7,10H,8-9,11,18H2,1H3. The zero-order valence-electron chi connectivity index (χ0n) is 11.0. The van der Waals surface area contributed by atoms with Crippen LogP contribution in [-0.2, 0) is 13.0 Å². The average Bonchev–Trinajstić information content (AvgIpc) is 2.40. The normalized spacial score (nSPS) is 10.5. The molecule has 0 aromatic heterocycles. The van der Waals surface area contributed by atoms with Crippen molar-refractivity contribution >= 4 is 15.9 Å². The molecule has 0 atom stereocenters. The van der Waals surface area contributed by atoms with Crippen LogP contribution in [0.15, 0.2) is 46.9 Å². The third-order valence-corrected chi connectivity index (χ3v) is 3.57. The quantitative estimate of drug-likeness (QED) is 0.908. The van der Waals surface area contributed by atoms with Gasteiger partial charge in [0.05, 0.1) is 0 Å². The maximum atomic E-state index is 5.94. The summed E-state index contributed by atoms with van der Waals surface area (Å²) < 4.78 is 6.99. The van der Waals surface area contributed by atoms with Crippen molar-refractivity contribution in [3.8, 4) is 5.75 Å². The molecule has 3 heteroatoms. The minimum absolute atomic E-state index is 0.589. The van der Waals surface area contributed by atoms with E-state index in [0.29, 0.717) is 13.2 Å². The Bertz CT molecular complexity index is 554. The molecule has 2 aromatic carbocycles. The van der Waals surface area contributed by atoms with E-state index in [1.54, 1.807) is 0 Å². The first kappa shape index (κ1) is 14.1. The molecule has 0 spiro atoms. The van der Waals surface area contributed by atoms with Crippen LogP contribution in [0.2, 0.25) is 0 Å². The fraction of sp³-hybridized carbons (Fsp3) is 0.250. The summed E-state index contributed by atoms with van der Waals surface area (Å²) in [6.45, 7) is 3.31. The summed E-state index contributed by atoms with van der Waals surface area (Å²) >= 11 is 3.48. The molecule has 0 bridgehead atoms. The van der Waals surface area contributed by atoms with Gasteiger partial charge in [0.1, 0.15) is 12.4 Å². The van der Waals surface area contributed by atoms with E-state index in [1.807, 2.05) is 24.3 Å². The largest absolute Gasteiger partial charge is 0.489 e. The molecular formula is C16H18BrNO. The van der Waals surface area contributed by atoms with Crippen molar-refractivity contribution in [1.82, 2.24) is 0 Å². The van der Waals surface area contributed by atoms with Gasteiger partial charge in [0, 0.05) is 4.47 Å². The Kier molecular flexibility index (Phi) is 5.00. The Morgan fingerprint density at radius 1 is 1.11 bits per heavy atom. The van der Waals surface area contributed by atoms with Gasteiger partial charge in [-0.2, -0.15) is 0 Å². The van der Waals surface area contributed by atoms with Crippen LogP contribution >= 0.6 is 15.9 Å². The maximum absolute atomic E-state index is 5.94. The van der Waals surface area contributed by atoms with Crippen molar-refractivity contribution in [2.45, 2.75) is 20.0 Å². The number of hydrogen-bond acceptors (Lipinski definition) is 2. The molecule has 0 unspecified atom stereocenters. The zero-order valence-corrected chi connectivity index (χ0v) is 12.6. The maximum Gasteiger partial charge on any atom is 0.123 e. The first-order valence-corrected chi connectivity index (χ1v) is 7.16. The summed E-state index contributed by atoms with van der Waals surface area (Å²) in [6, 6.07) is 14.3. The molecule has 0 aliphatic heterocycles. The van der Waals surface area contributed by atoms with Gasteiger partial charge in [-0.1, -0.05) is 40.2 Å². The fourth-order valence-electron chi connectivity index (χ4n) is 1.97. The van der Waals surface area contributed by atoms with Crippen LogP contribution in [0.25, 0.3) is 0 Å². The molecule has 100 valence electrons. The number of nitrogens with two attached hydrogens (primary N) is 1. The minimum Gasteiger partial charge on any atom is -0.489 e. The van der Waals surface area contributed by atoms with Crippen molar-refractivity contribution in [2.75, 3.05) is 6.54 Å². The summed E-state index contributed by atoms with van der Waals surface area (Å²) in [5.41, 5.74) is 9.25. The lowest BCUT2D eigenvalue weighted by Crippen LogP contribution is -2.06. The first-order valence-electron chi connectivity index (χ1n) is 6.36. The Balaban J connectivity index is 2.13. The van der Waals surface area contributed by atoms with Gasteiger partial charge in [-0.25, -0.2) is 0 Å². The van der Waals surface area contributed by atoms with E-state index in [1.165, 1.54) is 11.1 Å². The molecule has 0 radical (unpaired) electrons. The van der Waals surface area contributed by atoms with Crippen LogP contribution in [0.1, 0.15) is 16.7 Å². The highest BCUT2D eigenvalue weighted by Gasteiger charge is 2.05. The fourth-order valence-corrected chi connectivity index (χ4v) is 2.38. The summed E-state index contributed by atoms with van der Waals surface area (Å²) in [6.07, 6.45) is 0.822. The number of benzene rings is 2. The minimum atomic E-state index is 0.589. The predicted octanol–water partition coefficient (Wildman–Crippen LogP) is 3.84. The first-order chi connectivity index (χ1) is 9.20. The Labute approximate surface area is 122 Å². The van der Waals surface area contributed by atoms with Crippen LogP contribution in [0, 0.1) is 6.92 Å². The van der Waals surface area contributed by atoms with Crippen molar-refractivity contribution in [3.05, 3.63) is 63.6 Å². The summed E-state index contributed by atoms with van der Waals surface area (Å²) in [7, 11) is 0. The third kappa shape index (κ3) is 3.82. The molecule has 0 aliphatic rings. The van der Waals surface area contributed by atoms with Gasteiger partial charge in [-0.15, -0.1) is 0 Å². The molecule has 2 nitrogen and oxygen atoms in total.